The van der Waals surface area contributed by atoms with E-state index in [4.69, 9.17) is 5.21 Å². The van der Waals surface area contributed by atoms with Crippen LogP contribution in [0.25, 0.3) is 0 Å². The van der Waals surface area contributed by atoms with Crippen LogP contribution < -0.4 is 0 Å². The van der Waals surface area contributed by atoms with Gasteiger partial charge in [-0.15, -0.1) is 0 Å². The molecule has 2 rings (SSSR count). The van der Waals surface area contributed by atoms with Gasteiger partial charge in [-0.05, 0) is 11.6 Å². The van der Waals surface area contributed by atoms with Gasteiger partial charge in [-0.1, -0.05) is 23.4 Å². The third kappa shape index (κ3) is 0.692. The first-order valence-corrected chi connectivity index (χ1v) is 3.22. The Morgan fingerprint density at radius 3 is 3.20 bits per heavy atom. The van der Waals surface area contributed by atoms with E-state index in [0.717, 1.165) is 17.7 Å². The first-order valence-electron chi connectivity index (χ1n) is 3.22. The van der Waals surface area contributed by atoms with Crippen molar-refractivity contribution in [2.75, 3.05) is 0 Å². The molecule has 10 heavy (non-hydrogen) atoms. The second-order valence-electron chi connectivity index (χ2n) is 2.36. The van der Waals surface area contributed by atoms with Gasteiger partial charge in [0.25, 0.3) is 0 Å². The number of fused-ring (bicyclic) bond motifs is 1. The van der Waals surface area contributed by atoms with Crippen molar-refractivity contribution in [2.24, 2.45) is 5.16 Å². The summed E-state index contributed by atoms with van der Waals surface area (Å²) in [5, 5.41) is 11.7. The minimum absolute atomic E-state index is 0.738. The lowest BCUT2D eigenvalue weighted by atomic mass is 10.2. The van der Waals surface area contributed by atoms with Gasteiger partial charge in [0.2, 0.25) is 0 Å². The van der Waals surface area contributed by atoms with Crippen molar-refractivity contribution in [2.45, 2.75) is 6.42 Å². The molecule has 2 nitrogen and oxygen atoms in total. The highest BCUT2D eigenvalue weighted by molar-refractivity contribution is 6.11. The predicted octanol–water partition coefficient (Wildman–Crippen LogP) is 1.64. The Hall–Kier alpha value is -1.31. The molecule has 0 bridgehead atoms. The lowest BCUT2D eigenvalue weighted by Crippen LogP contribution is -1.92. The van der Waals surface area contributed by atoms with E-state index < -0.39 is 0 Å². The SMILES string of the molecule is ON=C1CC=CC=C2C=C21. The van der Waals surface area contributed by atoms with E-state index in [-0.39, 0.29) is 0 Å². The number of hydrogen-bond acceptors (Lipinski definition) is 2. The predicted molar refractivity (Wildman–Crippen MR) is 39.1 cm³/mol. The zero-order chi connectivity index (χ0) is 6.97. The smallest absolute Gasteiger partial charge is 0.0911 e. The van der Waals surface area contributed by atoms with Crippen molar-refractivity contribution < 1.29 is 5.21 Å². The minimum atomic E-state index is 0.738. The first-order chi connectivity index (χ1) is 4.92. The number of rotatable bonds is 0. The molecule has 0 aromatic rings. The maximum atomic E-state index is 8.50. The highest BCUT2D eigenvalue weighted by Gasteiger charge is 2.22. The molecule has 0 amide bonds. The van der Waals surface area contributed by atoms with Gasteiger partial charge in [0.05, 0.1) is 5.71 Å². The largest absolute Gasteiger partial charge is 0.411 e. The van der Waals surface area contributed by atoms with Gasteiger partial charge in [0.1, 0.15) is 0 Å². The summed E-state index contributed by atoms with van der Waals surface area (Å²) < 4.78 is 0. The maximum Gasteiger partial charge on any atom is 0.0911 e. The molecule has 2 aliphatic carbocycles. The summed E-state index contributed by atoms with van der Waals surface area (Å²) >= 11 is 0. The molecule has 0 aliphatic heterocycles. The lowest BCUT2D eigenvalue weighted by Gasteiger charge is -1.89. The van der Waals surface area contributed by atoms with Crippen LogP contribution >= 0.6 is 0 Å². The summed E-state index contributed by atoms with van der Waals surface area (Å²) in [4.78, 5) is 0. The van der Waals surface area contributed by atoms with Crippen molar-refractivity contribution in [1.82, 2.24) is 0 Å². The van der Waals surface area contributed by atoms with Crippen LogP contribution in [0.4, 0.5) is 0 Å². The molecule has 0 fully saturated rings. The van der Waals surface area contributed by atoms with Gasteiger partial charge >= 0.3 is 0 Å². The van der Waals surface area contributed by atoms with Gasteiger partial charge in [-0.2, -0.15) is 0 Å². The first kappa shape index (κ1) is 5.47. The fraction of sp³-hybridized carbons (Fsp3) is 0.125. The topological polar surface area (TPSA) is 32.6 Å². The number of oxime groups is 1. The molecule has 0 unspecified atom stereocenters. The van der Waals surface area contributed by atoms with Gasteiger partial charge in [0.15, 0.2) is 0 Å². The highest BCUT2D eigenvalue weighted by Crippen LogP contribution is 2.31. The fourth-order valence-corrected chi connectivity index (χ4v) is 1.06. The summed E-state index contributed by atoms with van der Waals surface area (Å²) in [5.41, 5.74) is 3.08. The van der Waals surface area contributed by atoms with Gasteiger partial charge in [0, 0.05) is 12.0 Å². The average molecular weight is 133 g/mol. The molecule has 0 heterocycles. The molecular formula is C8H7NO. The average Bonchev–Trinajstić information content (AvgIpc) is 2.63. The Morgan fingerprint density at radius 1 is 1.50 bits per heavy atom. The van der Waals surface area contributed by atoms with Gasteiger partial charge in [-0.3, -0.25) is 0 Å². The summed E-state index contributed by atoms with van der Waals surface area (Å²) in [6, 6.07) is 0. The van der Waals surface area contributed by atoms with Crippen molar-refractivity contribution in [3.63, 3.8) is 0 Å². The van der Waals surface area contributed by atoms with Crippen LogP contribution in [0.1, 0.15) is 6.42 Å². The second kappa shape index (κ2) is 1.84. The van der Waals surface area contributed by atoms with E-state index in [9.17, 15) is 0 Å². The minimum Gasteiger partial charge on any atom is -0.411 e. The van der Waals surface area contributed by atoms with E-state index in [2.05, 4.69) is 5.16 Å². The van der Waals surface area contributed by atoms with Crippen molar-refractivity contribution in [3.8, 4) is 0 Å². The normalized spacial score (nSPS) is 25.0. The molecule has 0 saturated heterocycles. The molecular weight excluding hydrogens is 126 g/mol. The molecule has 0 radical (unpaired) electrons. The Kier molecular flexibility index (Phi) is 1.01. The maximum absolute atomic E-state index is 8.50. The van der Waals surface area contributed by atoms with Crippen LogP contribution in [0.2, 0.25) is 0 Å². The quantitative estimate of drug-likeness (QED) is 0.395. The van der Waals surface area contributed by atoms with Crippen molar-refractivity contribution >= 4 is 5.71 Å². The molecule has 1 N–H and O–H groups in total. The van der Waals surface area contributed by atoms with Crippen LogP contribution in [-0.2, 0) is 0 Å². The Balaban J connectivity index is 2.34. The van der Waals surface area contributed by atoms with Gasteiger partial charge < -0.3 is 5.21 Å². The zero-order valence-corrected chi connectivity index (χ0v) is 5.41. The van der Waals surface area contributed by atoms with Crippen molar-refractivity contribution in [1.29, 1.82) is 0 Å². The van der Waals surface area contributed by atoms with E-state index in [1.807, 2.05) is 24.3 Å². The number of hydrogen-bond donors (Lipinski definition) is 1. The fourth-order valence-electron chi connectivity index (χ4n) is 1.06. The molecule has 50 valence electrons. The molecule has 2 aliphatic rings. The van der Waals surface area contributed by atoms with Gasteiger partial charge in [-0.25, -0.2) is 0 Å². The third-order valence-electron chi connectivity index (χ3n) is 1.68. The standard InChI is InChI=1S/C8H7NO/c10-9-8-4-2-1-3-6-5-7(6)8/h1-3,5,10H,4H2. The number of nitrogens with zero attached hydrogens (tertiary/aromatic N) is 1. The summed E-state index contributed by atoms with van der Waals surface area (Å²) in [5.74, 6) is 0. The second-order valence-corrected chi connectivity index (χ2v) is 2.36. The van der Waals surface area contributed by atoms with E-state index in [1.165, 1.54) is 5.57 Å². The van der Waals surface area contributed by atoms with Crippen LogP contribution in [-0.4, -0.2) is 10.9 Å². The van der Waals surface area contributed by atoms with E-state index in [0.29, 0.717) is 0 Å². The van der Waals surface area contributed by atoms with Crippen LogP contribution in [0.3, 0.4) is 0 Å². The molecule has 2 heteroatoms. The monoisotopic (exact) mass is 133 g/mol. The molecule has 0 aromatic carbocycles. The Labute approximate surface area is 58.9 Å². The summed E-state index contributed by atoms with van der Waals surface area (Å²) in [7, 11) is 0. The summed E-state index contributed by atoms with van der Waals surface area (Å²) in [6.45, 7) is 0. The molecule has 0 saturated carbocycles. The zero-order valence-electron chi connectivity index (χ0n) is 5.41. The van der Waals surface area contributed by atoms with Crippen LogP contribution in [0, 0.1) is 0 Å². The summed E-state index contributed by atoms with van der Waals surface area (Å²) in [6.07, 6.45) is 8.74. The lowest BCUT2D eigenvalue weighted by molar-refractivity contribution is 0.318. The van der Waals surface area contributed by atoms with E-state index in [1.54, 1.807) is 0 Å². The number of allylic oxidation sites excluding steroid dienone is 6. The molecule has 0 spiro atoms. The van der Waals surface area contributed by atoms with Crippen LogP contribution in [0.5, 0.6) is 0 Å². The molecule has 0 atom stereocenters. The van der Waals surface area contributed by atoms with Crippen molar-refractivity contribution in [3.05, 3.63) is 35.5 Å². The Bertz CT molecular complexity index is 282. The third-order valence-corrected chi connectivity index (χ3v) is 1.68. The van der Waals surface area contributed by atoms with E-state index >= 15 is 0 Å². The Morgan fingerprint density at radius 2 is 2.40 bits per heavy atom. The van der Waals surface area contributed by atoms with Crippen LogP contribution in [0.15, 0.2) is 40.6 Å². The highest BCUT2D eigenvalue weighted by atomic mass is 16.4. The molecule has 0 aromatic heterocycles.